The van der Waals surface area contributed by atoms with E-state index in [1.165, 1.54) is 6.07 Å². The van der Waals surface area contributed by atoms with Gasteiger partial charge in [-0.2, -0.15) is 0 Å². The monoisotopic (exact) mass is 778 g/mol. The molecule has 5 rings (SSSR count). The van der Waals surface area contributed by atoms with Gasteiger partial charge in [0.25, 0.3) is 11.8 Å². The molecule has 14 heteroatoms. The van der Waals surface area contributed by atoms with E-state index < -0.39 is 11.8 Å². The average Bonchev–Trinajstić information content (AvgIpc) is 3.18. The molecule has 3 heterocycles. The van der Waals surface area contributed by atoms with Crippen molar-refractivity contribution in [2.24, 2.45) is 17.6 Å². The molecule has 2 aromatic rings. The largest absolute Gasteiger partial charge is 0.393 e. The van der Waals surface area contributed by atoms with E-state index in [2.05, 4.69) is 25.3 Å². The van der Waals surface area contributed by atoms with Crippen LogP contribution in [0.3, 0.4) is 0 Å². The van der Waals surface area contributed by atoms with Crippen LogP contribution in [0.4, 0.5) is 10.1 Å². The van der Waals surface area contributed by atoms with E-state index in [1.807, 2.05) is 31.7 Å². The molecule has 298 valence electrons. The molecule has 1 unspecified atom stereocenters. The number of halogens is 2. The van der Waals surface area contributed by atoms with Gasteiger partial charge in [0.1, 0.15) is 11.5 Å². The molecule has 12 nitrogen and oxygen atoms in total. The Labute approximate surface area is 329 Å². The van der Waals surface area contributed by atoms with E-state index in [-0.39, 0.29) is 51.4 Å². The fraction of sp³-hybridized carbons (Fsp3) is 0.537. The number of nitrogens with zero attached hydrogens (tertiary/aromatic N) is 4. The van der Waals surface area contributed by atoms with E-state index in [0.29, 0.717) is 68.3 Å². The van der Waals surface area contributed by atoms with Crippen LogP contribution in [0, 0.1) is 36.9 Å². The number of hydrogen-bond acceptors (Lipinski definition) is 9. The molecule has 3 saturated heterocycles. The maximum atomic E-state index is 15.2. The van der Waals surface area contributed by atoms with Crippen molar-refractivity contribution in [3.8, 4) is 0 Å². The topological polar surface area (TPSA) is 155 Å². The van der Waals surface area contributed by atoms with Gasteiger partial charge >= 0.3 is 0 Å². The van der Waals surface area contributed by atoms with Crippen molar-refractivity contribution in [1.82, 2.24) is 25.3 Å². The Balaban J connectivity index is 1.00. The first-order valence-electron chi connectivity index (χ1n) is 19.5. The van der Waals surface area contributed by atoms with E-state index in [9.17, 15) is 19.2 Å². The lowest BCUT2D eigenvalue weighted by molar-refractivity contribution is -0.134. The number of likely N-dealkylation sites (tertiary alicyclic amines) is 1. The number of nitrogens with one attached hydrogen (secondary N) is 3. The maximum absolute atomic E-state index is 15.2. The standard InChI is InChI=1S/C41H56ClFN8O4/c1-5-26(2)39(53)31-22-33(43)35(21-28(31)4)50-15-9-29(10-16-50)24-49-17-19-51(20-18-49)36(52)25-48-13-11-30(12-14-48)46-41(55)38(45)34(23-44)47-40(54)37-27(3)7-6-8-32(37)42/h6-8,21-23,26,29-30,44H,5,9-20,24-25,45H2,1-4H3,(H,46,55)(H,47,54)/b38-34+,44-23?. The molecule has 1 atom stereocenters. The molecule has 3 aliphatic rings. The lowest BCUT2D eigenvalue weighted by Crippen LogP contribution is -2.53. The first-order valence-corrected chi connectivity index (χ1v) is 19.9. The van der Waals surface area contributed by atoms with Gasteiger partial charge < -0.3 is 31.6 Å². The number of hydrogen-bond donors (Lipinski definition) is 4. The summed E-state index contributed by atoms with van der Waals surface area (Å²) >= 11 is 6.20. The molecule has 2 aromatic carbocycles. The molecule has 3 amide bonds. The van der Waals surface area contributed by atoms with Gasteiger partial charge in [0, 0.05) is 82.6 Å². The van der Waals surface area contributed by atoms with E-state index in [0.717, 1.165) is 63.8 Å². The number of rotatable bonds is 13. The smallest absolute Gasteiger partial charge is 0.269 e. The fourth-order valence-corrected chi connectivity index (χ4v) is 8.03. The number of anilines is 1. The zero-order valence-electron chi connectivity index (χ0n) is 32.6. The van der Waals surface area contributed by atoms with E-state index in [4.69, 9.17) is 22.7 Å². The molecule has 3 aliphatic heterocycles. The van der Waals surface area contributed by atoms with Crippen LogP contribution in [-0.4, -0.2) is 116 Å². The highest BCUT2D eigenvalue weighted by molar-refractivity contribution is 6.34. The Morgan fingerprint density at radius 1 is 0.964 bits per heavy atom. The van der Waals surface area contributed by atoms with Crippen LogP contribution in [0.5, 0.6) is 0 Å². The Morgan fingerprint density at radius 2 is 1.64 bits per heavy atom. The minimum absolute atomic E-state index is 0.000491. The van der Waals surface area contributed by atoms with Crippen molar-refractivity contribution in [3.05, 3.63) is 74.8 Å². The summed E-state index contributed by atoms with van der Waals surface area (Å²) < 4.78 is 15.2. The molecule has 0 bridgehead atoms. The molecular weight excluding hydrogens is 723 g/mol. The van der Waals surface area contributed by atoms with Crippen molar-refractivity contribution in [2.45, 2.75) is 65.8 Å². The molecule has 0 saturated carbocycles. The summed E-state index contributed by atoms with van der Waals surface area (Å²) in [6.45, 7) is 14.6. The number of nitrogens with two attached hydrogens (primary N) is 1. The number of carbonyl (C=O) groups is 4. The lowest BCUT2D eigenvalue weighted by Gasteiger charge is -2.40. The molecular formula is C41H56ClFN8O4. The Hall–Kier alpha value is -4.33. The van der Waals surface area contributed by atoms with Crippen molar-refractivity contribution in [3.63, 3.8) is 0 Å². The second kappa shape index (κ2) is 19.0. The van der Waals surface area contributed by atoms with Crippen molar-refractivity contribution < 1.29 is 23.6 Å². The van der Waals surface area contributed by atoms with Gasteiger partial charge in [-0.3, -0.25) is 29.0 Å². The molecule has 0 aromatic heterocycles. The number of allylic oxidation sites excluding steroid dienone is 1. The Morgan fingerprint density at radius 3 is 2.25 bits per heavy atom. The zero-order chi connectivity index (χ0) is 39.8. The summed E-state index contributed by atoms with van der Waals surface area (Å²) in [5, 5.41) is 13.4. The highest BCUT2D eigenvalue weighted by atomic mass is 35.5. The van der Waals surface area contributed by atoms with Gasteiger partial charge in [-0.1, -0.05) is 37.6 Å². The molecule has 3 fully saturated rings. The van der Waals surface area contributed by atoms with E-state index >= 15 is 4.39 Å². The quantitative estimate of drug-likeness (QED) is 0.132. The zero-order valence-corrected chi connectivity index (χ0v) is 33.3. The molecule has 5 N–H and O–H groups in total. The van der Waals surface area contributed by atoms with Gasteiger partial charge in [-0.25, -0.2) is 4.39 Å². The molecule has 0 radical (unpaired) electrons. The van der Waals surface area contributed by atoms with Gasteiger partial charge in [0.2, 0.25) is 5.91 Å². The number of piperazine rings is 1. The van der Waals surface area contributed by atoms with Crippen LogP contribution in [0.2, 0.25) is 5.02 Å². The summed E-state index contributed by atoms with van der Waals surface area (Å²) in [4.78, 5) is 60.3. The Kier molecular flexibility index (Phi) is 14.5. The highest BCUT2D eigenvalue weighted by Gasteiger charge is 2.30. The average molecular weight is 779 g/mol. The SMILES string of the molecule is CCC(C)C(=O)c1cc(F)c(N2CCC(CN3CCN(C(=O)CN4CCC(NC(=O)/C(N)=C(/C=N)NC(=O)c5c(C)cccc5Cl)CC4)CC3)CC2)cc1C. The van der Waals surface area contributed by atoms with Crippen molar-refractivity contribution in [1.29, 1.82) is 5.41 Å². The summed E-state index contributed by atoms with van der Waals surface area (Å²) in [6, 6.07) is 8.17. The number of amides is 3. The third kappa shape index (κ3) is 10.5. The van der Waals surface area contributed by atoms with Gasteiger partial charge in [-0.05, 0) is 81.2 Å². The minimum atomic E-state index is -0.572. The van der Waals surface area contributed by atoms with E-state index in [1.54, 1.807) is 25.1 Å². The number of ketones is 1. The van der Waals surface area contributed by atoms with Gasteiger partial charge in [0.15, 0.2) is 5.78 Å². The van der Waals surface area contributed by atoms with Crippen LogP contribution in [0.15, 0.2) is 41.7 Å². The van der Waals surface area contributed by atoms with Gasteiger partial charge in [0.05, 0.1) is 28.5 Å². The van der Waals surface area contributed by atoms with Crippen LogP contribution in [-0.2, 0) is 9.59 Å². The highest BCUT2D eigenvalue weighted by Crippen LogP contribution is 2.30. The predicted molar refractivity (Wildman–Crippen MR) is 214 cm³/mol. The first-order chi connectivity index (χ1) is 26.3. The number of carbonyl (C=O) groups excluding carboxylic acids is 4. The Bertz CT molecular complexity index is 1760. The molecule has 0 aliphatic carbocycles. The maximum Gasteiger partial charge on any atom is 0.269 e. The first kappa shape index (κ1) is 41.8. The van der Waals surface area contributed by atoms with Crippen molar-refractivity contribution in [2.75, 3.05) is 70.3 Å². The molecule has 55 heavy (non-hydrogen) atoms. The van der Waals surface area contributed by atoms with Crippen LogP contribution in [0.25, 0.3) is 0 Å². The van der Waals surface area contributed by atoms with Crippen LogP contribution >= 0.6 is 11.6 Å². The number of Topliss-reactive ketones (excluding diaryl/α,β-unsaturated/α-hetero) is 1. The number of piperidine rings is 2. The second-order valence-corrected chi connectivity index (χ2v) is 15.7. The third-order valence-electron chi connectivity index (χ3n) is 11.5. The number of benzene rings is 2. The van der Waals surface area contributed by atoms with Crippen molar-refractivity contribution >= 4 is 47.0 Å². The number of aryl methyl sites for hydroxylation is 2. The summed E-state index contributed by atoms with van der Waals surface area (Å²) in [7, 11) is 0. The fourth-order valence-electron chi connectivity index (χ4n) is 7.72. The summed E-state index contributed by atoms with van der Waals surface area (Å²) in [5.41, 5.74) is 8.49. The normalized spacial score (nSPS) is 18.7. The van der Waals surface area contributed by atoms with Gasteiger partial charge in [-0.15, -0.1) is 0 Å². The summed E-state index contributed by atoms with van der Waals surface area (Å²) in [6.07, 6.45) is 4.77. The van der Waals surface area contributed by atoms with Crippen LogP contribution < -0.4 is 21.3 Å². The third-order valence-corrected chi connectivity index (χ3v) is 11.8. The van der Waals surface area contributed by atoms with Crippen LogP contribution in [0.1, 0.15) is 77.8 Å². The summed E-state index contributed by atoms with van der Waals surface area (Å²) in [5.74, 6) is -0.962. The predicted octanol–water partition coefficient (Wildman–Crippen LogP) is 4.52. The second-order valence-electron chi connectivity index (χ2n) is 15.3. The molecule has 0 spiro atoms. The lowest BCUT2D eigenvalue weighted by atomic mass is 9.92. The minimum Gasteiger partial charge on any atom is -0.393 e.